The predicted octanol–water partition coefficient (Wildman–Crippen LogP) is 1.29. The fourth-order valence-corrected chi connectivity index (χ4v) is 1.80. The molecule has 100 valence electrons. The molecular weight excluding hydrogens is 242 g/mol. The number of aliphatic hydroxyl groups is 1. The van der Waals surface area contributed by atoms with Crippen molar-refractivity contribution in [3.63, 3.8) is 0 Å². The summed E-state index contributed by atoms with van der Waals surface area (Å²) in [4.78, 5) is 11.9. The summed E-state index contributed by atoms with van der Waals surface area (Å²) in [5, 5.41) is 16.1. The van der Waals surface area contributed by atoms with Crippen molar-refractivity contribution in [1.82, 2.24) is 15.1 Å². The molecule has 0 saturated heterocycles. The second kappa shape index (κ2) is 5.67. The van der Waals surface area contributed by atoms with Crippen molar-refractivity contribution < 1.29 is 9.90 Å². The predicted molar refractivity (Wildman–Crippen MR) is 72.3 cm³/mol. The number of benzene rings is 1. The number of nitrogens with zero attached hydrogens (tertiary/aromatic N) is 2. The average Bonchev–Trinajstić information content (AvgIpc) is 2.79. The van der Waals surface area contributed by atoms with E-state index in [0.29, 0.717) is 5.56 Å². The zero-order valence-electron chi connectivity index (χ0n) is 11.0. The molecule has 5 heteroatoms. The van der Waals surface area contributed by atoms with Crippen LogP contribution < -0.4 is 5.32 Å². The molecule has 0 saturated carbocycles. The topological polar surface area (TPSA) is 67.2 Å². The largest absolute Gasteiger partial charge is 0.392 e. The summed E-state index contributed by atoms with van der Waals surface area (Å²) in [5.74, 6) is -0.222. The summed E-state index contributed by atoms with van der Waals surface area (Å²) in [6, 6.07) is 9.63. The molecule has 1 aromatic heterocycles. The summed E-state index contributed by atoms with van der Waals surface area (Å²) < 4.78 is 1.72. The molecule has 0 aliphatic rings. The highest BCUT2D eigenvalue weighted by molar-refractivity contribution is 5.95. The molecule has 0 bridgehead atoms. The third-order valence-corrected chi connectivity index (χ3v) is 2.81. The van der Waals surface area contributed by atoms with Crippen LogP contribution in [0.4, 0.5) is 0 Å². The van der Waals surface area contributed by atoms with Crippen LogP contribution in [0.5, 0.6) is 0 Å². The van der Waals surface area contributed by atoms with E-state index >= 15 is 0 Å². The lowest BCUT2D eigenvalue weighted by atomic mass is 10.2. The Balaban J connectivity index is 2.21. The van der Waals surface area contributed by atoms with Crippen LogP contribution in [0.1, 0.15) is 23.0 Å². The van der Waals surface area contributed by atoms with Gasteiger partial charge in [0.15, 0.2) is 0 Å². The molecule has 2 rings (SSSR count). The molecule has 1 atom stereocenters. The quantitative estimate of drug-likeness (QED) is 0.869. The molecule has 0 fully saturated rings. The minimum absolute atomic E-state index is 0.222. The molecular formula is C14H17N3O2. The molecule has 1 unspecified atom stereocenters. The summed E-state index contributed by atoms with van der Waals surface area (Å²) in [6.07, 6.45) is 0.980. The SMILES string of the molecule is Cc1c(C(=O)NCC(C)O)cnn1-c1ccccc1. The van der Waals surface area contributed by atoms with Crippen LogP contribution in [-0.2, 0) is 0 Å². The molecule has 0 radical (unpaired) electrons. The van der Waals surface area contributed by atoms with Crippen molar-refractivity contribution in [1.29, 1.82) is 0 Å². The Bertz CT molecular complexity index is 561. The minimum Gasteiger partial charge on any atom is -0.392 e. The van der Waals surface area contributed by atoms with E-state index in [0.717, 1.165) is 11.4 Å². The molecule has 2 N–H and O–H groups in total. The molecule has 2 aromatic rings. The summed E-state index contributed by atoms with van der Waals surface area (Å²) in [5.41, 5.74) is 2.20. The second-order valence-electron chi connectivity index (χ2n) is 4.45. The van der Waals surface area contributed by atoms with E-state index in [9.17, 15) is 4.79 Å². The van der Waals surface area contributed by atoms with Gasteiger partial charge in [-0.05, 0) is 26.0 Å². The lowest BCUT2D eigenvalue weighted by molar-refractivity contribution is 0.0923. The smallest absolute Gasteiger partial charge is 0.254 e. The van der Waals surface area contributed by atoms with Gasteiger partial charge in [0.05, 0.1) is 29.2 Å². The molecule has 1 aromatic carbocycles. The Kier molecular flexibility index (Phi) is 3.97. The van der Waals surface area contributed by atoms with Crippen molar-refractivity contribution in [2.24, 2.45) is 0 Å². The monoisotopic (exact) mass is 259 g/mol. The zero-order valence-corrected chi connectivity index (χ0v) is 11.0. The Labute approximate surface area is 111 Å². The number of nitrogens with one attached hydrogen (secondary N) is 1. The normalized spacial score (nSPS) is 12.2. The Morgan fingerprint density at radius 1 is 1.42 bits per heavy atom. The Morgan fingerprint density at radius 3 is 2.74 bits per heavy atom. The molecule has 1 heterocycles. The molecule has 0 aliphatic carbocycles. The van der Waals surface area contributed by atoms with Crippen LogP contribution in [0.15, 0.2) is 36.5 Å². The number of amides is 1. The third-order valence-electron chi connectivity index (χ3n) is 2.81. The first-order valence-corrected chi connectivity index (χ1v) is 6.16. The van der Waals surface area contributed by atoms with Gasteiger partial charge in [0.25, 0.3) is 5.91 Å². The maximum absolute atomic E-state index is 11.9. The first-order chi connectivity index (χ1) is 9.09. The average molecular weight is 259 g/mol. The number of aliphatic hydroxyl groups excluding tert-OH is 1. The second-order valence-corrected chi connectivity index (χ2v) is 4.45. The molecule has 0 spiro atoms. The van der Waals surface area contributed by atoms with Gasteiger partial charge in [0.1, 0.15) is 0 Å². The molecule has 1 amide bonds. The van der Waals surface area contributed by atoms with E-state index in [4.69, 9.17) is 5.11 Å². The van der Waals surface area contributed by atoms with Gasteiger partial charge in [0, 0.05) is 6.54 Å². The highest BCUT2D eigenvalue weighted by Gasteiger charge is 2.15. The van der Waals surface area contributed by atoms with Crippen molar-refractivity contribution >= 4 is 5.91 Å². The van der Waals surface area contributed by atoms with Gasteiger partial charge in [-0.25, -0.2) is 4.68 Å². The number of aromatic nitrogens is 2. The number of hydrogen-bond donors (Lipinski definition) is 2. The maximum atomic E-state index is 11.9. The third kappa shape index (κ3) is 3.00. The highest BCUT2D eigenvalue weighted by atomic mass is 16.3. The van der Waals surface area contributed by atoms with Gasteiger partial charge < -0.3 is 10.4 Å². The number of rotatable bonds is 4. The van der Waals surface area contributed by atoms with Crippen molar-refractivity contribution in [2.75, 3.05) is 6.54 Å². The van der Waals surface area contributed by atoms with Crippen LogP contribution in [0.25, 0.3) is 5.69 Å². The first-order valence-electron chi connectivity index (χ1n) is 6.16. The van der Waals surface area contributed by atoms with Crippen LogP contribution in [0, 0.1) is 6.92 Å². The fraction of sp³-hybridized carbons (Fsp3) is 0.286. The number of para-hydroxylation sites is 1. The van der Waals surface area contributed by atoms with Crippen molar-refractivity contribution in [2.45, 2.75) is 20.0 Å². The first kappa shape index (κ1) is 13.3. The van der Waals surface area contributed by atoms with E-state index in [1.54, 1.807) is 17.8 Å². The van der Waals surface area contributed by atoms with Crippen LogP contribution in [0.3, 0.4) is 0 Å². The van der Waals surface area contributed by atoms with Crippen molar-refractivity contribution in [3.05, 3.63) is 47.8 Å². The number of carbonyl (C=O) groups is 1. The number of hydrogen-bond acceptors (Lipinski definition) is 3. The summed E-state index contributed by atoms with van der Waals surface area (Å²) >= 11 is 0. The molecule has 5 nitrogen and oxygen atoms in total. The molecule has 19 heavy (non-hydrogen) atoms. The summed E-state index contributed by atoms with van der Waals surface area (Å²) in [7, 11) is 0. The summed E-state index contributed by atoms with van der Waals surface area (Å²) in [6.45, 7) is 3.70. The van der Waals surface area contributed by atoms with E-state index in [2.05, 4.69) is 10.4 Å². The minimum atomic E-state index is -0.562. The lowest BCUT2D eigenvalue weighted by Crippen LogP contribution is -2.30. The number of carbonyl (C=O) groups excluding carboxylic acids is 1. The van der Waals surface area contributed by atoms with Gasteiger partial charge in [-0.15, -0.1) is 0 Å². The van der Waals surface area contributed by atoms with E-state index in [1.165, 1.54) is 0 Å². The van der Waals surface area contributed by atoms with Crippen LogP contribution in [0.2, 0.25) is 0 Å². The maximum Gasteiger partial charge on any atom is 0.254 e. The van der Waals surface area contributed by atoms with Crippen LogP contribution >= 0.6 is 0 Å². The zero-order chi connectivity index (χ0) is 13.8. The molecule has 0 aliphatic heterocycles. The van der Waals surface area contributed by atoms with Gasteiger partial charge in [-0.3, -0.25) is 4.79 Å². The Morgan fingerprint density at radius 2 is 2.11 bits per heavy atom. The van der Waals surface area contributed by atoms with Gasteiger partial charge in [-0.1, -0.05) is 18.2 Å². The fourth-order valence-electron chi connectivity index (χ4n) is 1.80. The van der Waals surface area contributed by atoms with Gasteiger partial charge >= 0.3 is 0 Å². The Hall–Kier alpha value is -2.14. The van der Waals surface area contributed by atoms with Crippen LogP contribution in [-0.4, -0.2) is 33.4 Å². The van der Waals surface area contributed by atoms with E-state index in [1.807, 2.05) is 37.3 Å². The highest BCUT2D eigenvalue weighted by Crippen LogP contribution is 2.13. The lowest BCUT2D eigenvalue weighted by Gasteiger charge is -2.07. The van der Waals surface area contributed by atoms with Crippen molar-refractivity contribution in [3.8, 4) is 5.69 Å². The van der Waals surface area contributed by atoms with Gasteiger partial charge in [0.2, 0.25) is 0 Å². The van der Waals surface area contributed by atoms with E-state index < -0.39 is 6.10 Å². The standard InChI is InChI=1S/C14H17N3O2/c1-10(18)8-15-14(19)13-9-16-17(11(13)2)12-6-4-3-5-7-12/h3-7,9-10,18H,8H2,1-2H3,(H,15,19). The van der Waals surface area contributed by atoms with E-state index in [-0.39, 0.29) is 12.5 Å². The van der Waals surface area contributed by atoms with Gasteiger partial charge in [-0.2, -0.15) is 5.10 Å².